The number of halogens is 4. The van der Waals surface area contributed by atoms with Crippen LogP contribution in [0.4, 0.5) is 13.2 Å². The number of carbonyl (C=O) groups is 1. The molecule has 0 aliphatic rings. The number of aromatic amines is 1. The summed E-state index contributed by atoms with van der Waals surface area (Å²) in [6.07, 6.45) is -4.51. The van der Waals surface area contributed by atoms with Crippen LogP contribution in [0, 0.1) is 0 Å². The van der Waals surface area contributed by atoms with Gasteiger partial charge in [0.1, 0.15) is 11.3 Å². The molecular formula is C18H12ClF3N2O3. The summed E-state index contributed by atoms with van der Waals surface area (Å²) in [6.45, 7) is -0.255. The zero-order valence-electron chi connectivity index (χ0n) is 13.5. The van der Waals surface area contributed by atoms with E-state index in [1.807, 2.05) is 0 Å². The lowest BCUT2D eigenvalue weighted by Gasteiger charge is -2.11. The summed E-state index contributed by atoms with van der Waals surface area (Å²) >= 11 is 5.86. The molecule has 1 heterocycles. The molecule has 0 radical (unpaired) electrons. The maximum absolute atomic E-state index is 12.7. The number of nitrogens with one attached hydrogen (secondary N) is 2. The van der Waals surface area contributed by atoms with Gasteiger partial charge in [-0.15, -0.1) is 0 Å². The van der Waals surface area contributed by atoms with Crippen molar-refractivity contribution in [2.45, 2.75) is 12.7 Å². The van der Waals surface area contributed by atoms with Crippen LogP contribution in [0.1, 0.15) is 21.5 Å². The highest BCUT2D eigenvalue weighted by molar-refractivity contribution is 6.31. The fraction of sp³-hybridized carbons (Fsp3) is 0.111. The molecule has 9 heteroatoms. The van der Waals surface area contributed by atoms with E-state index in [-0.39, 0.29) is 23.0 Å². The molecule has 3 aromatic rings. The summed E-state index contributed by atoms with van der Waals surface area (Å²) in [5, 5.41) is 13.1. The third-order valence-electron chi connectivity index (χ3n) is 3.88. The Kier molecular flexibility index (Phi) is 4.84. The Morgan fingerprint density at radius 2 is 1.93 bits per heavy atom. The molecule has 0 saturated heterocycles. The topological polar surface area (TPSA) is 82.2 Å². The highest BCUT2D eigenvalue weighted by Gasteiger charge is 2.30. The lowest BCUT2D eigenvalue weighted by atomic mass is 10.1. The Bertz CT molecular complexity index is 1090. The second-order valence-electron chi connectivity index (χ2n) is 5.75. The summed E-state index contributed by atoms with van der Waals surface area (Å²) in [7, 11) is 0. The number of alkyl halides is 3. The van der Waals surface area contributed by atoms with E-state index in [0.29, 0.717) is 5.02 Å². The third-order valence-corrected chi connectivity index (χ3v) is 4.12. The first-order valence-electron chi connectivity index (χ1n) is 7.65. The number of aromatic nitrogens is 1. The number of pyridine rings is 1. The highest BCUT2D eigenvalue weighted by atomic mass is 35.5. The standard InChI is InChI=1S/C18H12ClF3N2O3/c19-11-4-5-13-12(7-11)15(25)14(17(27)24-13)16(26)23-8-9-2-1-3-10(6-9)18(20,21)22/h1-7H,8H2,(H,23,26)(H2,24,25,27). The van der Waals surface area contributed by atoms with Crippen molar-refractivity contribution in [1.82, 2.24) is 10.3 Å². The molecule has 0 spiro atoms. The lowest BCUT2D eigenvalue weighted by Crippen LogP contribution is -2.29. The summed E-state index contributed by atoms with van der Waals surface area (Å²) in [6, 6.07) is 8.79. The van der Waals surface area contributed by atoms with Crippen LogP contribution in [0.3, 0.4) is 0 Å². The van der Waals surface area contributed by atoms with Crippen molar-refractivity contribution in [3.8, 4) is 5.75 Å². The maximum atomic E-state index is 12.7. The molecule has 0 saturated carbocycles. The van der Waals surface area contributed by atoms with E-state index >= 15 is 0 Å². The zero-order valence-corrected chi connectivity index (χ0v) is 14.3. The van der Waals surface area contributed by atoms with E-state index in [1.165, 1.54) is 30.3 Å². The monoisotopic (exact) mass is 396 g/mol. The number of hydrogen-bond acceptors (Lipinski definition) is 3. The molecule has 140 valence electrons. The maximum Gasteiger partial charge on any atom is 0.416 e. The Morgan fingerprint density at radius 3 is 2.63 bits per heavy atom. The van der Waals surface area contributed by atoms with Crippen LogP contribution < -0.4 is 10.9 Å². The molecule has 27 heavy (non-hydrogen) atoms. The number of H-pyrrole nitrogens is 1. The van der Waals surface area contributed by atoms with Crippen LogP contribution in [0.25, 0.3) is 10.9 Å². The minimum absolute atomic E-state index is 0.173. The van der Waals surface area contributed by atoms with E-state index < -0.39 is 34.5 Å². The van der Waals surface area contributed by atoms with Gasteiger partial charge in [-0.05, 0) is 35.9 Å². The molecule has 2 aromatic carbocycles. The number of aromatic hydroxyl groups is 1. The van der Waals surface area contributed by atoms with Crippen molar-refractivity contribution in [3.05, 3.63) is 74.5 Å². The van der Waals surface area contributed by atoms with Gasteiger partial charge in [-0.25, -0.2) is 0 Å². The van der Waals surface area contributed by atoms with Gasteiger partial charge in [0, 0.05) is 17.0 Å². The second kappa shape index (κ2) is 6.96. The average Bonchev–Trinajstić information content (AvgIpc) is 2.60. The third kappa shape index (κ3) is 3.90. The van der Waals surface area contributed by atoms with Gasteiger partial charge < -0.3 is 15.4 Å². The van der Waals surface area contributed by atoms with Crippen molar-refractivity contribution < 1.29 is 23.1 Å². The van der Waals surface area contributed by atoms with Gasteiger partial charge in [0.05, 0.1) is 11.1 Å². The predicted octanol–water partition coefficient (Wildman–Crippen LogP) is 3.84. The number of carbonyl (C=O) groups excluding carboxylic acids is 1. The number of amides is 1. The SMILES string of the molecule is O=C(NCc1cccc(C(F)(F)F)c1)c1c(O)c2cc(Cl)ccc2[nH]c1=O. The van der Waals surface area contributed by atoms with Gasteiger partial charge in [0.15, 0.2) is 0 Å². The summed E-state index contributed by atoms with van der Waals surface area (Å²) in [5.41, 5.74) is -1.75. The largest absolute Gasteiger partial charge is 0.506 e. The first-order valence-corrected chi connectivity index (χ1v) is 8.03. The van der Waals surface area contributed by atoms with Crippen molar-refractivity contribution in [1.29, 1.82) is 0 Å². The minimum atomic E-state index is -4.51. The lowest BCUT2D eigenvalue weighted by molar-refractivity contribution is -0.137. The van der Waals surface area contributed by atoms with Crippen molar-refractivity contribution in [3.63, 3.8) is 0 Å². The summed E-state index contributed by atoms with van der Waals surface area (Å²) in [4.78, 5) is 26.9. The van der Waals surface area contributed by atoms with Crippen molar-refractivity contribution in [2.24, 2.45) is 0 Å². The number of benzene rings is 2. The van der Waals surface area contributed by atoms with Gasteiger partial charge in [-0.3, -0.25) is 9.59 Å². The molecule has 1 aromatic heterocycles. The quantitative estimate of drug-likeness (QED) is 0.629. The molecule has 0 unspecified atom stereocenters. The Balaban J connectivity index is 1.88. The smallest absolute Gasteiger partial charge is 0.416 e. The number of rotatable bonds is 3. The molecular weight excluding hydrogens is 385 g/mol. The molecule has 0 aliphatic heterocycles. The molecule has 0 atom stereocenters. The molecule has 3 N–H and O–H groups in total. The molecule has 0 bridgehead atoms. The van der Waals surface area contributed by atoms with E-state index in [9.17, 15) is 27.9 Å². The molecule has 3 rings (SSSR count). The Morgan fingerprint density at radius 1 is 1.19 bits per heavy atom. The zero-order chi connectivity index (χ0) is 19.8. The van der Waals surface area contributed by atoms with Crippen LogP contribution in [0.5, 0.6) is 5.75 Å². The van der Waals surface area contributed by atoms with E-state index in [4.69, 9.17) is 11.6 Å². The van der Waals surface area contributed by atoms with Gasteiger partial charge in [-0.2, -0.15) is 13.2 Å². The Labute approximate surface area is 155 Å². The summed E-state index contributed by atoms with van der Waals surface area (Å²) < 4.78 is 38.2. The Hall–Kier alpha value is -3.00. The second-order valence-corrected chi connectivity index (χ2v) is 6.18. The highest BCUT2D eigenvalue weighted by Crippen LogP contribution is 2.30. The van der Waals surface area contributed by atoms with Crippen LogP contribution in [0.15, 0.2) is 47.3 Å². The van der Waals surface area contributed by atoms with E-state index in [2.05, 4.69) is 10.3 Å². The van der Waals surface area contributed by atoms with Crippen LogP contribution in [0.2, 0.25) is 5.02 Å². The van der Waals surface area contributed by atoms with Crippen molar-refractivity contribution >= 4 is 28.4 Å². The van der Waals surface area contributed by atoms with Crippen LogP contribution in [-0.2, 0) is 12.7 Å². The number of hydrogen-bond donors (Lipinski definition) is 3. The molecule has 5 nitrogen and oxygen atoms in total. The first kappa shape index (κ1) is 18.8. The van der Waals surface area contributed by atoms with Gasteiger partial charge in [0.2, 0.25) is 0 Å². The van der Waals surface area contributed by atoms with E-state index in [1.54, 1.807) is 0 Å². The molecule has 0 fully saturated rings. The summed E-state index contributed by atoms with van der Waals surface area (Å²) in [5.74, 6) is -1.48. The number of fused-ring (bicyclic) bond motifs is 1. The minimum Gasteiger partial charge on any atom is -0.506 e. The van der Waals surface area contributed by atoms with Crippen LogP contribution in [-0.4, -0.2) is 16.0 Å². The first-order chi connectivity index (χ1) is 12.7. The van der Waals surface area contributed by atoms with Gasteiger partial charge in [0.25, 0.3) is 11.5 Å². The van der Waals surface area contributed by atoms with Crippen LogP contribution >= 0.6 is 11.6 Å². The van der Waals surface area contributed by atoms with Crippen molar-refractivity contribution in [2.75, 3.05) is 0 Å². The van der Waals surface area contributed by atoms with Gasteiger partial charge in [-0.1, -0.05) is 23.7 Å². The van der Waals surface area contributed by atoms with E-state index in [0.717, 1.165) is 12.1 Å². The predicted molar refractivity (Wildman–Crippen MR) is 93.9 cm³/mol. The molecule has 0 aliphatic carbocycles. The average molecular weight is 397 g/mol. The molecule has 1 amide bonds. The fourth-order valence-corrected chi connectivity index (χ4v) is 2.76. The normalized spacial score (nSPS) is 11.6. The fourth-order valence-electron chi connectivity index (χ4n) is 2.59. The van der Waals surface area contributed by atoms with Gasteiger partial charge >= 0.3 is 6.18 Å².